The van der Waals surface area contributed by atoms with Crippen LogP contribution in [-0.4, -0.2) is 23.9 Å². The summed E-state index contributed by atoms with van der Waals surface area (Å²) in [5.74, 6) is -3.74. The summed E-state index contributed by atoms with van der Waals surface area (Å²) < 4.78 is 27.7. The van der Waals surface area contributed by atoms with Gasteiger partial charge in [-0.3, -0.25) is 14.9 Å². The Morgan fingerprint density at radius 1 is 1.30 bits per heavy atom. The summed E-state index contributed by atoms with van der Waals surface area (Å²) in [7, 11) is 0. The van der Waals surface area contributed by atoms with E-state index in [1.165, 1.54) is 30.9 Å². The van der Waals surface area contributed by atoms with E-state index in [9.17, 15) is 18.4 Å². The Morgan fingerprint density at radius 2 is 1.95 bits per heavy atom. The van der Waals surface area contributed by atoms with E-state index in [-0.39, 0.29) is 12.2 Å². The molecule has 1 fully saturated rings. The number of imide groups is 1. The Kier molecular flexibility index (Phi) is 3.18. The minimum Gasteiger partial charge on any atom is -0.346 e. The summed E-state index contributed by atoms with van der Waals surface area (Å²) in [5.41, 5.74) is -1.87. The Hall–Kier alpha value is -2.49. The van der Waals surface area contributed by atoms with E-state index in [1.807, 2.05) is 0 Å². The molecular formula is C13H11F2N3O2. The number of hydrogen-bond acceptors (Lipinski definition) is 4. The van der Waals surface area contributed by atoms with E-state index in [1.54, 1.807) is 0 Å². The molecule has 1 aromatic rings. The van der Waals surface area contributed by atoms with E-state index >= 15 is 0 Å². The van der Waals surface area contributed by atoms with Crippen LogP contribution in [0, 0.1) is 23.0 Å². The standard InChI is InChI=1S/C13H11F2N3O2/c1-13(2)12(20)17-9(19)6-18(13)8-4-3-7(5-16)10(14)11(8)15/h3-4H,6H2,1-2H3,(H,17,19,20). The van der Waals surface area contributed by atoms with Crippen molar-refractivity contribution >= 4 is 17.5 Å². The number of nitrogens with zero attached hydrogens (tertiary/aromatic N) is 2. The number of carbonyl (C=O) groups excluding carboxylic acids is 2. The first-order valence-electron chi connectivity index (χ1n) is 5.79. The van der Waals surface area contributed by atoms with E-state index in [4.69, 9.17) is 5.26 Å². The molecule has 7 heteroatoms. The summed E-state index contributed by atoms with van der Waals surface area (Å²) >= 11 is 0. The van der Waals surface area contributed by atoms with Crippen LogP contribution < -0.4 is 10.2 Å². The number of nitriles is 1. The van der Waals surface area contributed by atoms with Crippen molar-refractivity contribution in [3.05, 3.63) is 29.3 Å². The molecular weight excluding hydrogens is 268 g/mol. The van der Waals surface area contributed by atoms with Crippen molar-refractivity contribution in [2.24, 2.45) is 0 Å². The Morgan fingerprint density at radius 3 is 2.55 bits per heavy atom. The number of benzene rings is 1. The lowest BCUT2D eigenvalue weighted by molar-refractivity contribution is -0.135. The third kappa shape index (κ3) is 1.99. The average Bonchev–Trinajstić information content (AvgIpc) is 2.38. The third-order valence-corrected chi connectivity index (χ3v) is 3.26. The van der Waals surface area contributed by atoms with E-state index in [2.05, 4.69) is 5.32 Å². The molecule has 0 spiro atoms. The smallest absolute Gasteiger partial charge is 0.251 e. The molecule has 0 aliphatic carbocycles. The SMILES string of the molecule is CC1(C)C(=O)NC(=O)CN1c1ccc(C#N)c(F)c1F. The van der Waals surface area contributed by atoms with Crippen molar-refractivity contribution in [2.75, 3.05) is 11.4 Å². The number of anilines is 1. The summed E-state index contributed by atoms with van der Waals surface area (Å²) in [6, 6.07) is 3.82. The van der Waals surface area contributed by atoms with Gasteiger partial charge in [0.05, 0.1) is 17.8 Å². The maximum atomic E-state index is 14.0. The van der Waals surface area contributed by atoms with Gasteiger partial charge in [-0.05, 0) is 26.0 Å². The molecule has 5 nitrogen and oxygen atoms in total. The van der Waals surface area contributed by atoms with Crippen LogP contribution in [-0.2, 0) is 9.59 Å². The highest BCUT2D eigenvalue weighted by Gasteiger charge is 2.42. The van der Waals surface area contributed by atoms with Crippen molar-refractivity contribution in [1.29, 1.82) is 5.26 Å². The van der Waals surface area contributed by atoms with Crippen molar-refractivity contribution in [3.8, 4) is 6.07 Å². The summed E-state index contributed by atoms with van der Waals surface area (Å²) in [5, 5.41) is 10.8. The minimum absolute atomic E-state index is 0.227. The lowest BCUT2D eigenvalue weighted by Crippen LogP contribution is -2.64. The van der Waals surface area contributed by atoms with E-state index in [0.717, 1.165) is 6.07 Å². The van der Waals surface area contributed by atoms with Crippen molar-refractivity contribution in [2.45, 2.75) is 19.4 Å². The lowest BCUT2D eigenvalue weighted by atomic mass is 9.97. The second-order valence-electron chi connectivity index (χ2n) is 4.89. The first kappa shape index (κ1) is 13.9. The highest BCUT2D eigenvalue weighted by Crippen LogP contribution is 2.30. The monoisotopic (exact) mass is 279 g/mol. The molecule has 1 aliphatic heterocycles. The number of hydrogen-bond donors (Lipinski definition) is 1. The zero-order valence-corrected chi connectivity index (χ0v) is 10.8. The second kappa shape index (κ2) is 4.56. The van der Waals surface area contributed by atoms with Crippen LogP contribution in [0.25, 0.3) is 0 Å². The molecule has 20 heavy (non-hydrogen) atoms. The summed E-state index contributed by atoms with van der Waals surface area (Å²) in [6.45, 7) is 2.70. The molecule has 1 aliphatic rings. The van der Waals surface area contributed by atoms with E-state index in [0.29, 0.717) is 0 Å². The van der Waals surface area contributed by atoms with Crippen LogP contribution in [0.3, 0.4) is 0 Å². The first-order valence-corrected chi connectivity index (χ1v) is 5.79. The van der Waals surface area contributed by atoms with Gasteiger partial charge in [-0.1, -0.05) is 0 Å². The normalized spacial score (nSPS) is 17.6. The first-order chi connectivity index (χ1) is 9.28. The van der Waals surface area contributed by atoms with Crippen LogP contribution in [0.4, 0.5) is 14.5 Å². The quantitative estimate of drug-likeness (QED) is 0.781. The van der Waals surface area contributed by atoms with Crippen molar-refractivity contribution in [1.82, 2.24) is 5.32 Å². The van der Waals surface area contributed by atoms with Gasteiger partial charge in [0.2, 0.25) is 5.91 Å². The van der Waals surface area contributed by atoms with Gasteiger partial charge in [-0.2, -0.15) is 5.26 Å². The van der Waals surface area contributed by atoms with Gasteiger partial charge < -0.3 is 4.90 Å². The molecule has 1 N–H and O–H groups in total. The fourth-order valence-corrected chi connectivity index (χ4v) is 2.00. The van der Waals surface area contributed by atoms with Crippen LogP contribution in [0.15, 0.2) is 12.1 Å². The maximum absolute atomic E-state index is 14.0. The Bertz CT molecular complexity index is 650. The molecule has 0 bridgehead atoms. The second-order valence-corrected chi connectivity index (χ2v) is 4.89. The molecule has 0 aromatic heterocycles. The maximum Gasteiger partial charge on any atom is 0.251 e. The Balaban J connectivity index is 2.56. The third-order valence-electron chi connectivity index (χ3n) is 3.26. The zero-order chi connectivity index (χ0) is 15.1. The topological polar surface area (TPSA) is 73.2 Å². The predicted molar refractivity (Wildman–Crippen MR) is 65.6 cm³/mol. The number of nitrogens with one attached hydrogen (secondary N) is 1. The molecule has 2 rings (SSSR count). The minimum atomic E-state index is -1.29. The van der Waals surface area contributed by atoms with Crippen molar-refractivity contribution < 1.29 is 18.4 Å². The zero-order valence-electron chi connectivity index (χ0n) is 10.8. The van der Waals surface area contributed by atoms with Gasteiger partial charge in [0.1, 0.15) is 11.6 Å². The van der Waals surface area contributed by atoms with Gasteiger partial charge in [0.15, 0.2) is 11.6 Å². The molecule has 0 radical (unpaired) electrons. The predicted octanol–water partition coefficient (Wildman–Crippen LogP) is 1.08. The fraction of sp³-hybridized carbons (Fsp3) is 0.308. The van der Waals surface area contributed by atoms with Crippen LogP contribution in [0.2, 0.25) is 0 Å². The fourth-order valence-electron chi connectivity index (χ4n) is 2.00. The van der Waals surface area contributed by atoms with Gasteiger partial charge in [0, 0.05) is 0 Å². The summed E-state index contributed by atoms with van der Waals surface area (Å²) in [6.07, 6.45) is 0. The molecule has 2 amide bonds. The molecule has 0 saturated carbocycles. The lowest BCUT2D eigenvalue weighted by Gasteiger charge is -2.41. The Labute approximate surface area is 113 Å². The highest BCUT2D eigenvalue weighted by molar-refractivity contribution is 6.06. The van der Waals surface area contributed by atoms with Crippen LogP contribution in [0.5, 0.6) is 0 Å². The number of rotatable bonds is 1. The molecule has 1 aromatic carbocycles. The molecule has 0 unspecified atom stereocenters. The van der Waals surface area contributed by atoms with Gasteiger partial charge >= 0.3 is 0 Å². The summed E-state index contributed by atoms with van der Waals surface area (Å²) in [4.78, 5) is 24.4. The van der Waals surface area contributed by atoms with Gasteiger partial charge in [0.25, 0.3) is 5.91 Å². The van der Waals surface area contributed by atoms with Crippen LogP contribution in [0.1, 0.15) is 19.4 Å². The molecule has 104 valence electrons. The van der Waals surface area contributed by atoms with E-state index < -0.39 is 34.6 Å². The largest absolute Gasteiger partial charge is 0.346 e. The van der Waals surface area contributed by atoms with Crippen molar-refractivity contribution in [3.63, 3.8) is 0 Å². The number of piperazine rings is 1. The van der Waals surface area contributed by atoms with Gasteiger partial charge in [-0.25, -0.2) is 8.78 Å². The average molecular weight is 279 g/mol. The highest BCUT2D eigenvalue weighted by atomic mass is 19.2. The molecule has 0 atom stereocenters. The molecule has 1 heterocycles. The van der Waals surface area contributed by atoms with Crippen LogP contribution >= 0.6 is 0 Å². The van der Waals surface area contributed by atoms with Gasteiger partial charge in [-0.15, -0.1) is 0 Å². The molecule has 1 saturated heterocycles. The number of halogens is 2. The number of carbonyl (C=O) groups is 2. The number of amides is 2.